The number of nitrogens with one attached hydrogen (secondary N) is 1. The molecule has 0 fully saturated rings. The summed E-state index contributed by atoms with van der Waals surface area (Å²) >= 11 is 10.7. The van der Waals surface area contributed by atoms with Crippen molar-refractivity contribution in [3.05, 3.63) is 85.2 Å². The van der Waals surface area contributed by atoms with Gasteiger partial charge in [0, 0.05) is 26.7 Å². The number of hydrogen-bond donors (Lipinski definition) is 1. The topological polar surface area (TPSA) is 30.5 Å². The maximum atomic E-state index is 6.15. The number of benzene rings is 3. The minimum absolute atomic E-state index is 0.504. The van der Waals surface area contributed by atoms with Crippen LogP contribution in [0.25, 0.3) is 0 Å². The summed E-state index contributed by atoms with van der Waals surface area (Å²) in [6.45, 7) is 3.79. The fraction of sp³-hybridized carbons (Fsp3) is 0.182. The second kappa shape index (κ2) is 10.3. The van der Waals surface area contributed by atoms with E-state index < -0.39 is 0 Å². The van der Waals surface area contributed by atoms with E-state index in [0.717, 1.165) is 41.7 Å². The highest BCUT2D eigenvalue weighted by Crippen LogP contribution is 2.34. The van der Waals surface area contributed by atoms with Gasteiger partial charge in [-0.3, -0.25) is 0 Å². The number of halogens is 3. The monoisotopic (exact) mass is 567 g/mol. The van der Waals surface area contributed by atoms with Gasteiger partial charge in [0.25, 0.3) is 0 Å². The van der Waals surface area contributed by atoms with E-state index >= 15 is 0 Å². The van der Waals surface area contributed by atoms with Crippen LogP contribution in [0.15, 0.2) is 74.1 Å². The maximum absolute atomic E-state index is 6.15. The Labute approximate surface area is 190 Å². The molecular formula is C22H20Br3NO2. The predicted molar refractivity (Wildman–Crippen MR) is 125 cm³/mol. The average Bonchev–Trinajstić information content (AvgIpc) is 2.68. The minimum Gasteiger partial charge on any atom is -0.494 e. The van der Waals surface area contributed by atoms with Crippen molar-refractivity contribution in [1.82, 2.24) is 0 Å². The molecule has 0 saturated carbocycles. The first-order valence-corrected chi connectivity index (χ1v) is 11.2. The Kier molecular flexibility index (Phi) is 7.82. The van der Waals surface area contributed by atoms with Crippen LogP contribution in [0.3, 0.4) is 0 Å². The Morgan fingerprint density at radius 1 is 0.821 bits per heavy atom. The summed E-state index contributed by atoms with van der Waals surface area (Å²) in [6, 6.07) is 20.2. The number of anilines is 1. The third kappa shape index (κ3) is 6.00. The second-order valence-electron chi connectivity index (χ2n) is 6.10. The lowest BCUT2D eigenvalue weighted by Crippen LogP contribution is -2.05. The van der Waals surface area contributed by atoms with E-state index in [-0.39, 0.29) is 0 Å². The molecule has 0 bridgehead atoms. The van der Waals surface area contributed by atoms with Gasteiger partial charge >= 0.3 is 0 Å². The molecule has 3 rings (SSSR count). The fourth-order valence-electron chi connectivity index (χ4n) is 2.68. The molecule has 0 heterocycles. The number of rotatable bonds is 8. The summed E-state index contributed by atoms with van der Waals surface area (Å²) in [5, 5.41) is 3.45. The SMILES string of the molecule is CCOc1ccc(NCc2cc(Br)cc(Br)c2OCc2ccc(Br)cc2)cc1. The molecule has 3 aromatic rings. The van der Waals surface area contributed by atoms with Crippen molar-refractivity contribution < 1.29 is 9.47 Å². The van der Waals surface area contributed by atoms with Gasteiger partial charge < -0.3 is 14.8 Å². The molecule has 0 aromatic heterocycles. The standard InChI is InChI=1S/C22H20Br3NO2/c1-2-27-20-9-7-19(8-10-20)26-13-16-11-18(24)12-21(25)22(16)28-14-15-3-5-17(23)6-4-15/h3-12,26H,2,13-14H2,1H3. The van der Waals surface area contributed by atoms with Gasteiger partial charge in [0.1, 0.15) is 18.1 Å². The zero-order valence-corrected chi connectivity index (χ0v) is 20.1. The quantitative estimate of drug-likeness (QED) is 0.303. The Morgan fingerprint density at radius 3 is 2.21 bits per heavy atom. The molecule has 6 heteroatoms. The molecule has 0 spiro atoms. The zero-order valence-electron chi connectivity index (χ0n) is 15.3. The Morgan fingerprint density at radius 2 is 1.54 bits per heavy atom. The van der Waals surface area contributed by atoms with Gasteiger partial charge in [-0.05, 0) is 76.9 Å². The molecule has 0 atom stereocenters. The summed E-state index contributed by atoms with van der Waals surface area (Å²) in [5.74, 6) is 1.71. The molecule has 0 aliphatic heterocycles. The summed E-state index contributed by atoms with van der Waals surface area (Å²) in [6.07, 6.45) is 0. The fourth-order valence-corrected chi connectivity index (χ4v) is 4.37. The summed E-state index contributed by atoms with van der Waals surface area (Å²) < 4.78 is 14.6. The predicted octanol–water partition coefficient (Wildman–Crippen LogP) is 7.56. The molecule has 146 valence electrons. The van der Waals surface area contributed by atoms with Crippen LogP contribution in [0.2, 0.25) is 0 Å². The second-order valence-corrected chi connectivity index (χ2v) is 8.79. The minimum atomic E-state index is 0.504. The van der Waals surface area contributed by atoms with Gasteiger partial charge in [0.2, 0.25) is 0 Å². The van der Waals surface area contributed by atoms with Crippen molar-refractivity contribution in [2.45, 2.75) is 20.1 Å². The normalized spacial score (nSPS) is 10.6. The van der Waals surface area contributed by atoms with Crippen LogP contribution < -0.4 is 14.8 Å². The van der Waals surface area contributed by atoms with Gasteiger partial charge in [-0.1, -0.05) is 44.0 Å². The molecule has 3 aromatic carbocycles. The van der Waals surface area contributed by atoms with E-state index in [1.165, 1.54) is 0 Å². The number of hydrogen-bond acceptors (Lipinski definition) is 3. The van der Waals surface area contributed by atoms with Crippen LogP contribution >= 0.6 is 47.8 Å². The van der Waals surface area contributed by atoms with Crippen molar-refractivity contribution in [2.24, 2.45) is 0 Å². The first-order chi connectivity index (χ1) is 13.5. The van der Waals surface area contributed by atoms with E-state index in [1.54, 1.807) is 0 Å². The Balaban J connectivity index is 1.71. The molecule has 0 aliphatic rings. The van der Waals surface area contributed by atoms with Crippen LogP contribution in [0.1, 0.15) is 18.1 Å². The first-order valence-electron chi connectivity index (χ1n) is 8.87. The van der Waals surface area contributed by atoms with Crippen molar-refractivity contribution in [3.8, 4) is 11.5 Å². The molecule has 0 unspecified atom stereocenters. The van der Waals surface area contributed by atoms with Crippen molar-refractivity contribution in [1.29, 1.82) is 0 Å². The zero-order chi connectivity index (χ0) is 19.9. The molecular weight excluding hydrogens is 550 g/mol. The van der Waals surface area contributed by atoms with Gasteiger partial charge in [-0.15, -0.1) is 0 Å². The molecule has 1 N–H and O–H groups in total. The maximum Gasteiger partial charge on any atom is 0.139 e. The molecule has 0 radical (unpaired) electrons. The number of ether oxygens (including phenoxy) is 2. The summed E-state index contributed by atoms with van der Waals surface area (Å²) in [5.41, 5.74) is 3.20. The lowest BCUT2D eigenvalue weighted by atomic mass is 10.2. The highest BCUT2D eigenvalue weighted by atomic mass is 79.9. The van der Waals surface area contributed by atoms with Crippen LogP contribution in [-0.2, 0) is 13.2 Å². The average molecular weight is 570 g/mol. The third-order valence-electron chi connectivity index (χ3n) is 4.03. The summed E-state index contributed by atoms with van der Waals surface area (Å²) in [7, 11) is 0. The highest BCUT2D eigenvalue weighted by Gasteiger charge is 2.11. The van der Waals surface area contributed by atoms with Gasteiger partial charge in [0.05, 0.1) is 11.1 Å². The Hall–Kier alpha value is -1.50. The molecule has 0 saturated heterocycles. The smallest absolute Gasteiger partial charge is 0.139 e. The molecule has 0 amide bonds. The van der Waals surface area contributed by atoms with E-state index in [0.29, 0.717) is 19.8 Å². The van der Waals surface area contributed by atoms with E-state index in [2.05, 4.69) is 71.3 Å². The largest absolute Gasteiger partial charge is 0.494 e. The lowest BCUT2D eigenvalue weighted by molar-refractivity contribution is 0.301. The lowest BCUT2D eigenvalue weighted by Gasteiger charge is -2.16. The molecule has 3 nitrogen and oxygen atoms in total. The van der Waals surface area contributed by atoms with E-state index in [4.69, 9.17) is 9.47 Å². The van der Waals surface area contributed by atoms with Gasteiger partial charge in [0.15, 0.2) is 0 Å². The molecule has 28 heavy (non-hydrogen) atoms. The van der Waals surface area contributed by atoms with Crippen LogP contribution in [0.5, 0.6) is 11.5 Å². The Bertz CT molecular complexity index is 912. The first kappa shape index (κ1) is 21.2. The van der Waals surface area contributed by atoms with Crippen molar-refractivity contribution in [2.75, 3.05) is 11.9 Å². The van der Waals surface area contributed by atoms with Crippen molar-refractivity contribution >= 4 is 53.5 Å². The van der Waals surface area contributed by atoms with Crippen LogP contribution in [0, 0.1) is 0 Å². The summed E-state index contributed by atoms with van der Waals surface area (Å²) in [4.78, 5) is 0. The van der Waals surface area contributed by atoms with Crippen LogP contribution in [0.4, 0.5) is 5.69 Å². The van der Waals surface area contributed by atoms with Gasteiger partial charge in [-0.2, -0.15) is 0 Å². The molecule has 0 aliphatic carbocycles. The third-order valence-corrected chi connectivity index (χ3v) is 5.61. The van der Waals surface area contributed by atoms with Crippen molar-refractivity contribution in [3.63, 3.8) is 0 Å². The van der Waals surface area contributed by atoms with Gasteiger partial charge in [-0.25, -0.2) is 0 Å². The van der Waals surface area contributed by atoms with E-state index in [1.807, 2.05) is 49.4 Å². The van der Waals surface area contributed by atoms with E-state index in [9.17, 15) is 0 Å². The highest BCUT2D eigenvalue weighted by molar-refractivity contribution is 9.11. The van der Waals surface area contributed by atoms with Crippen LogP contribution in [-0.4, -0.2) is 6.61 Å².